The van der Waals surface area contributed by atoms with Crippen molar-refractivity contribution in [2.24, 2.45) is 11.7 Å². The molecule has 38 heavy (non-hydrogen) atoms. The Morgan fingerprint density at radius 3 is 2.50 bits per heavy atom. The summed E-state index contributed by atoms with van der Waals surface area (Å²) in [5.74, 6) is -4.21. The van der Waals surface area contributed by atoms with Gasteiger partial charge in [0.05, 0.1) is 24.8 Å². The highest BCUT2D eigenvalue weighted by atomic mass is 19.3. The molecule has 3 N–H and O–H groups in total. The predicted molar refractivity (Wildman–Crippen MR) is 134 cm³/mol. The molecule has 0 radical (unpaired) electrons. The number of likely N-dealkylation sites (tertiary alicyclic amines) is 2. The first-order chi connectivity index (χ1) is 18.1. The molecule has 2 aliphatic heterocycles. The largest absolute Gasteiger partial charge is 0.477 e. The number of carbonyl (C=O) groups excluding carboxylic acids is 2. The van der Waals surface area contributed by atoms with Crippen molar-refractivity contribution < 1.29 is 32.6 Å². The summed E-state index contributed by atoms with van der Waals surface area (Å²) in [6.07, 6.45) is 2.07. The lowest BCUT2D eigenvalue weighted by atomic mass is 9.97. The highest BCUT2D eigenvalue weighted by Gasteiger charge is 2.39. The van der Waals surface area contributed by atoms with Gasteiger partial charge in [-0.05, 0) is 55.6 Å². The number of rotatable bonds is 9. The maximum Gasteiger partial charge on any atom is 0.260 e. The summed E-state index contributed by atoms with van der Waals surface area (Å²) in [5.41, 5.74) is 6.23. The van der Waals surface area contributed by atoms with E-state index >= 15 is 0 Å². The van der Waals surface area contributed by atoms with Crippen LogP contribution in [0, 0.1) is 11.7 Å². The fourth-order valence-corrected chi connectivity index (χ4v) is 4.92. The molecule has 2 fully saturated rings. The number of alkyl halides is 2. The molecule has 0 bridgehead atoms. The van der Waals surface area contributed by atoms with Crippen LogP contribution in [0.5, 0.6) is 5.88 Å². The van der Waals surface area contributed by atoms with E-state index in [0.717, 1.165) is 17.7 Å². The highest BCUT2D eigenvalue weighted by Crippen LogP contribution is 2.27. The van der Waals surface area contributed by atoms with Crippen molar-refractivity contribution >= 4 is 11.8 Å². The smallest absolute Gasteiger partial charge is 0.260 e. The zero-order valence-electron chi connectivity index (χ0n) is 21.3. The minimum absolute atomic E-state index is 0.0257. The topological polar surface area (TPSA) is 109 Å². The molecule has 206 valence electrons. The fourth-order valence-electron chi connectivity index (χ4n) is 4.92. The summed E-state index contributed by atoms with van der Waals surface area (Å²) in [6, 6.07) is 6.55. The second-order valence-corrected chi connectivity index (χ2v) is 10.1. The summed E-state index contributed by atoms with van der Waals surface area (Å²) >= 11 is 0. The zero-order chi connectivity index (χ0) is 27.4. The van der Waals surface area contributed by atoms with Gasteiger partial charge in [-0.15, -0.1) is 0 Å². The first-order valence-electron chi connectivity index (χ1n) is 12.8. The number of aliphatic hydroxyl groups excluding tert-OH is 1. The number of amides is 2. The molecule has 0 saturated carbocycles. The van der Waals surface area contributed by atoms with E-state index in [2.05, 4.69) is 4.98 Å². The van der Waals surface area contributed by atoms with Gasteiger partial charge >= 0.3 is 0 Å². The lowest BCUT2D eigenvalue weighted by molar-refractivity contribution is -0.121. The van der Waals surface area contributed by atoms with Crippen molar-refractivity contribution in [2.45, 2.75) is 50.7 Å². The van der Waals surface area contributed by atoms with Gasteiger partial charge in [0.1, 0.15) is 11.9 Å². The van der Waals surface area contributed by atoms with Gasteiger partial charge in [0.2, 0.25) is 11.8 Å². The Bertz CT molecular complexity index is 1140. The van der Waals surface area contributed by atoms with E-state index in [-0.39, 0.29) is 37.4 Å². The Morgan fingerprint density at radius 1 is 1.18 bits per heavy atom. The number of nitrogens with two attached hydrogens (primary N) is 1. The Hall–Kier alpha value is -3.18. The minimum atomic E-state index is -2.65. The van der Waals surface area contributed by atoms with Gasteiger partial charge in [-0.1, -0.05) is 13.0 Å². The summed E-state index contributed by atoms with van der Waals surface area (Å²) in [7, 11) is 0. The molecule has 0 aliphatic carbocycles. The van der Waals surface area contributed by atoms with Crippen molar-refractivity contribution in [1.82, 2.24) is 14.8 Å². The molecule has 1 aromatic heterocycles. The molecular weight excluding hydrogens is 501 g/mol. The van der Waals surface area contributed by atoms with E-state index in [1.54, 1.807) is 29.3 Å². The van der Waals surface area contributed by atoms with Crippen LogP contribution in [0.15, 0.2) is 36.5 Å². The molecule has 2 amide bonds. The lowest BCUT2D eigenvalue weighted by Gasteiger charge is -2.33. The van der Waals surface area contributed by atoms with Gasteiger partial charge in [0.25, 0.3) is 11.8 Å². The van der Waals surface area contributed by atoms with Crippen LogP contribution in [0.3, 0.4) is 0 Å². The number of piperidine rings is 1. The molecule has 8 nitrogen and oxygen atoms in total. The quantitative estimate of drug-likeness (QED) is 0.512. The van der Waals surface area contributed by atoms with Crippen molar-refractivity contribution in [3.05, 3.63) is 47.9 Å². The summed E-state index contributed by atoms with van der Waals surface area (Å²) in [6.45, 7) is 2.86. The summed E-state index contributed by atoms with van der Waals surface area (Å²) in [5, 5.41) is 9.83. The number of benzene rings is 1. The van der Waals surface area contributed by atoms with Crippen molar-refractivity contribution in [3.63, 3.8) is 0 Å². The third-order valence-electron chi connectivity index (χ3n) is 7.28. The number of hydrogen-bond acceptors (Lipinski definition) is 6. The van der Waals surface area contributed by atoms with E-state index in [9.17, 15) is 27.9 Å². The molecule has 2 saturated heterocycles. The molecule has 2 aromatic rings. The third-order valence-corrected chi connectivity index (χ3v) is 7.28. The van der Waals surface area contributed by atoms with Crippen LogP contribution < -0.4 is 10.5 Å². The molecule has 2 atom stereocenters. The standard InChI is InChI=1S/C27H33F3N4O4/c1-2-27(29,30)16-33-9-7-17(8-10-33)15-38-24-6-4-19(13-32-24)18-3-5-21(22(28)11-18)26(37)34-14-20(35)12-23(34)25(31)36/h3-6,11,13,17,20,23,35H,2,7-10,12,14-16H2,1H3,(H2,31,36)/t20?,23-/m0/s1. The molecule has 3 heterocycles. The van der Waals surface area contributed by atoms with Crippen molar-refractivity contribution in [2.75, 3.05) is 32.8 Å². The average molecular weight is 535 g/mol. The summed E-state index contributed by atoms with van der Waals surface area (Å²) < 4.78 is 47.9. The highest BCUT2D eigenvalue weighted by molar-refractivity contribution is 5.98. The first-order valence-corrected chi connectivity index (χ1v) is 12.8. The van der Waals surface area contributed by atoms with Gasteiger partial charge in [-0.25, -0.2) is 18.2 Å². The van der Waals surface area contributed by atoms with E-state index in [4.69, 9.17) is 10.5 Å². The number of aliphatic hydroxyl groups is 1. The number of pyridine rings is 1. The molecule has 4 rings (SSSR count). The molecule has 2 aliphatic rings. The predicted octanol–water partition coefficient (Wildman–Crippen LogP) is 3.08. The zero-order valence-corrected chi connectivity index (χ0v) is 21.3. The average Bonchev–Trinajstić information content (AvgIpc) is 3.30. The number of β-amino-alcohol motifs (C(OH)–C–C–N with tert-alkyl or cyclic N) is 1. The number of hydrogen-bond donors (Lipinski definition) is 2. The number of ether oxygens (including phenoxy) is 1. The van der Waals surface area contributed by atoms with Crippen LogP contribution in [0.2, 0.25) is 0 Å². The van der Waals surface area contributed by atoms with E-state index in [1.807, 2.05) is 0 Å². The van der Waals surface area contributed by atoms with Gasteiger partial charge in [0.15, 0.2) is 0 Å². The SMILES string of the molecule is CCC(F)(F)CN1CCC(COc2ccc(-c3ccc(C(=O)N4CC(O)C[C@H]4C(N)=O)c(F)c3)cn2)CC1. The van der Waals surface area contributed by atoms with Crippen LogP contribution in [-0.2, 0) is 4.79 Å². The maximum absolute atomic E-state index is 14.9. The van der Waals surface area contributed by atoms with Crippen LogP contribution >= 0.6 is 0 Å². The molecule has 1 aromatic carbocycles. The molecule has 1 unspecified atom stereocenters. The number of primary amides is 1. The summed E-state index contributed by atoms with van der Waals surface area (Å²) in [4.78, 5) is 31.6. The Morgan fingerprint density at radius 2 is 1.89 bits per heavy atom. The Kier molecular flexibility index (Phi) is 8.57. The first kappa shape index (κ1) is 27.8. The third kappa shape index (κ3) is 6.63. The van der Waals surface area contributed by atoms with E-state index < -0.39 is 35.7 Å². The number of halogens is 3. The number of carbonyl (C=O) groups is 2. The van der Waals surface area contributed by atoms with Crippen molar-refractivity contribution in [3.8, 4) is 17.0 Å². The van der Waals surface area contributed by atoms with Crippen LogP contribution in [-0.4, -0.2) is 82.6 Å². The van der Waals surface area contributed by atoms with Gasteiger partial charge in [-0.3, -0.25) is 14.5 Å². The number of nitrogens with zero attached hydrogens (tertiary/aromatic N) is 3. The van der Waals surface area contributed by atoms with Gasteiger partial charge < -0.3 is 20.5 Å². The van der Waals surface area contributed by atoms with Crippen molar-refractivity contribution in [1.29, 1.82) is 0 Å². The van der Waals surface area contributed by atoms with E-state index in [0.29, 0.717) is 36.7 Å². The van der Waals surface area contributed by atoms with Crippen LogP contribution in [0.1, 0.15) is 43.0 Å². The van der Waals surface area contributed by atoms with Crippen LogP contribution in [0.25, 0.3) is 11.1 Å². The fraction of sp³-hybridized carbons (Fsp3) is 0.519. The van der Waals surface area contributed by atoms with Gasteiger partial charge in [0, 0.05) is 37.2 Å². The Labute approximate surface area is 219 Å². The second kappa shape index (κ2) is 11.7. The maximum atomic E-state index is 14.9. The lowest BCUT2D eigenvalue weighted by Crippen LogP contribution is -2.44. The van der Waals surface area contributed by atoms with Gasteiger partial charge in [-0.2, -0.15) is 0 Å². The number of aromatic nitrogens is 1. The molecule has 11 heteroatoms. The monoisotopic (exact) mass is 534 g/mol. The second-order valence-electron chi connectivity index (χ2n) is 10.1. The molecule has 0 spiro atoms. The molecular formula is C27H33F3N4O4. The normalized spacial score (nSPS) is 21.0. The van der Waals surface area contributed by atoms with Crippen LogP contribution in [0.4, 0.5) is 13.2 Å². The minimum Gasteiger partial charge on any atom is -0.477 e. The Balaban J connectivity index is 1.32. The van der Waals surface area contributed by atoms with E-state index in [1.165, 1.54) is 19.1 Å².